The number of ether oxygens (including phenoxy) is 1. The zero-order chi connectivity index (χ0) is 55.0. The first-order valence-corrected chi connectivity index (χ1v) is 34.9. The van der Waals surface area contributed by atoms with Gasteiger partial charge in [-0.05, 0) is 51.4 Å². The van der Waals surface area contributed by atoms with E-state index in [2.05, 4.69) is 31.3 Å². The Hall–Kier alpha value is -1.40. The van der Waals surface area contributed by atoms with Gasteiger partial charge in [0.1, 0.15) is 0 Å². The van der Waals surface area contributed by atoms with Crippen molar-refractivity contribution in [3.63, 3.8) is 0 Å². The number of unbranched alkanes of at least 4 members (excludes halogenated alkanes) is 53. The lowest BCUT2D eigenvalue weighted by atomic mass is 10.0. The zero-order valence-electron chi connectivity index (χ0n) is 51.8. The zero-order valence-corrected chi connectivity index (χ0v) is 51.8. The third kappa shape index (κ3) is 61.8. The summed E-state index contributed by atoms with van der Waals surface area (Å²) in [6.07, 6.45) is 81.4. The van der Waals surface area contributed by atoms with Crippen LogP contribution in [0.1, 0.15) is 399 Å². The van der Waals surface area contributed by atoms with Gasteiger partial charge >= 0.3 is 5.97 Å². The summed E-state index contributed by atoms with van der Waals surface area (Å²) < 4.78 is 5.50. The molecular weight excluding hydrogens is 935 g/mol. The number of aliphatic hydroxyl groups is 2. The normalized spacial score (nSPS) is 12.5. The van der Waals surface area contributed by atoms with E-state index in [1.807, 2.05) is 0 Å². The molecule has 2 atom stereocenters. The van der Waals surface area contributed by atoms with Gasteiger partial charge in [0.25, 0.3) is 0 Å². The molecule has 0 aliphatic carbocycles. The van der Waals surface area contributed by atoms with Crippen molar-refractivity contribution >= 4 is 11.9 Å². The maximum absolute atomic E-state index is 12.4. The molecule has 0 aliphatic heterocycles. The summed E-state index contributed by atoms with van der Waals surface area (Å²) in [5.74, 6) is -0.0147. The van der Waals surface area contributed by atoms with Crippen LogP contribution in [-0.2, 0) is 14.3 Å². The summed E-state index contributed by atoms with van der Waals surface area (Å²) in [5.41, 5.74) is 0. The molecule has 0 aliphatic rings. The highest BCUT2D eigenvalue weighted by molar-refractivity contribution is 5.76. The number of aliphatic hydroxyl groups excluding tert-OH is 2. The Kier molecular flexibility index (Phi) is 64.9. The van der Waals surface area contributed by atoms with Crippen molar-refractivity contribution in [2.24, 2.45) is 0 Å². The molecule has 0 aromatic carbocycles. The van der Waals surface area contributed by atoms with Crippen LogP contribution >= 0.6 is 0 Å². The fourth-order valence-corrected chi connectivity index (χ4v) is 11.2. The molecule has 0 heterocycles. The van der Waals surface area contributed by atoms with E-state index in [-0.39, 0.29) is 18.5 Å². The lowest BCUT2D eigenvalue weighted by molar-refractivity contribution is -0.143. The Bertz CT molecular complexity index is 1140. The average molecular weight is 1070 g/mol. The summed E-state index contributed by atoms with van der Waals surface area (Å²) in [6, 6.07) is -0.535. The summed E-state index contributed by atoms with van der Waals surface area (Å²) in [6.45, 7) is 4.97. The van der Waals surface area contributed by atoms with Crippen molar-refractivity contribution in [1.29, 1.82) is 0 Å². The van der Waals surface area contributed by atoms with Crippen LogP contribution in [0.2, 0.25) is 0 Å². The maximum atomic E-state index is 12.4. The molecule has 0 saturated carbocycles. The van der Waals surface area contributed by atoms with Crippen LogP contribution in [0.3, 0.4) is 0 Å². The van der Waals surface area contributed by atoms with Crippen LogP contribution in [0.4, 0.5) is 0 Å². The van der Waals surface area contributed by atoms with E-state index in [0.29, 0.717) is 25.9 Å². The van der Waals surface area contributed by atoms with Crippen LogP contribution in [0.5, 0.6) is 0 Å². The monoisotopic (exact) mass is 1070 g/mol. The number of nitrogens with one attached hydrogen (secondary N) is 1. The molecule has 452 valence electrons. The van der Waals surface area contributed by atoms with Gasteiger partial charge in [-0.25, -0.2) is 0 Å². The van der Waals surface area contributed by atoms with E-state index in [4.69, 9.17) is 4.74 Å². The lowest BCUT2D eigenvalue weighted by Crippen LogP contribution is -2.45. The predicted octanol–water partition coefficient (Wildman–Crippen LogP) is 22.4. The lowest BCUT2D eigenvalue weighted by Gasteiger charge is -2.22. The Balaban J connectivity index is 3.28. The minimum Gasteiger partial charge on any atom is -0.466 e. The number of amides is 1. The van der Waals surface area contributed by atoms with Crippen LogP contribution in [0, 0.1) is 0 Å². The molecule has 3 N–H and O–H groups in total. The van der Waals surface area contributed by atoms with E-state index in [1.54, 1.807) is 0 Å². The quantitative estimate of drug-likeness (QED) is 0.0320. The van der Waals surface area contributed by atoms with Gasteiger partial charge in [0.05, 0.1) is 25.4 Å². The Labute approximate surface area is 476 Å². The highest BCUT2D eigenvalue weighted by atomic mass is 16.5. The molecule has 6 nitrogen and oxygen atoms in total. The molecule has 0 fully saturated rings. The van der Waals surface area contributed by atoms with Crippen LogP contribution in [0.25, 0.3) is 0 Å². The summed E-state index contributed by atoms with van der Waals surface area (Å²) in [7, 11) is 0. The second kappa shape index (κ2) is 66.1. The van der Waals surface area contributed by atoms with E-state index in [1.165, 1.54) is 321 Å². The molecule has 0 radical (unpaired) electrons. The number of hydrogen-bond donors (Lipinski definition) is 3. The molecule has 0 rings (SSSR count). The smallest absolute Gasteiger partial charge is 0.305 e. The average Bonchev–Trinajstić information content (AvgIpc) is 3.42. The van der Waals surface area contributed by atoms with E-state index >= 15 is 0 Å². The number of allylic oxidation sites excluding steroid dienone is 2. The van der Waals surface area contributed by atoms with Gasteiger partial charge in [0, 0.05) is 12.8 Å². The van der Waals surface area contributed by atoms with Gasteiger partial charge in [-0.15, -0.1) is 0 Å². The first-order chi connectivity index (χ1) is 37.5. The van der Waals surface area contributed by atoms with Crippen molar-refractivity contribution in [2.75, 3.05) is 13.2 Å². The minimum atomic E-state index is -0.658. The van der Waals surface area contributed by atoms with Crippen molar-refractivity contribution in [3.05, 3.63) is 12.2 Å². The number of carbonyl (C=O) groups excluding carboxylic acids is 2. The molecule has 0 spiro atoms. The van der Waals surface area contributed by atoms with Crippen molar-refractivity contribution in [3.8, 4) is 0 Å². The molecule has 0 aromatic heterocycles. The molecule has 0 aromatic rings. The largest absolute Gasteiger partial charge is 0.466 e. The first kappa shape index (κ1) is 74.6. The van der Waals surface area contributed by atoms with Crippen LogP contribution in [-0.4, -0.2) is 47.4 Å². The third-order valence-corrected chi connectivity index (χ3v) is 16.6. The molecule has 0 bridgehead atoms. The van der Waals surface area contributed by atoms with E-state index in [0.717, 1.165) is 44.9 Å². The molecular formula is C70H137NO5. The van der Waals surface area contributed by atoms with Gasteiger partial charge in [0.2, 0.25) is 5.91 Å². The van der Waals surface area contributed by atoms with Gasteiger partial charge < -0.3 is 20.3 Å². The molecule has 0 saturated heterocycles. The summed E-state index contributed by atoms with van der Waals surface area (Å²) in [4.78, 5) is 24.5. The SMILES string of the molecule is CCCCCCCCC/C=C\CCCCCCCC(=O)OCCCCCCCCCCCCCCCCCCCCCCCCCCCCCCCCCCCC(=O)NC(CO)C(O)CCCCCCCCCCCC. The van der Waals surface area contributed by atoms with Crippen LogP contribution in [0.15, 0.2) is 12.2 Å². The van der Waals surface area contributed by atoms with Crippen molar-refractivity contribution in [2.45, 2.75) is 411 Å². The minimum absolute atomic E-state index is 0.0150. The highest BCUT2D eigenvalue weighted by Crippen LogP contribution is 2.19. The molecule has 1 amide bonds. The fourth-order valence-electron chi connectivity index (χ4n) is 11.2. The molecule has 2 unspecified atom stereocenters. The molecule has 76 heavy (non-hydrogen) atoms. The first-order valence-electron chi connectivity index (χ1n) is 34.9. The predicted molar refractivity (Wildman–Crippen MR) is 333 cm³/mol. The molecule has 6 heteroatoms. The maximum Gasteiger partial charge on any atom is 0.305 e. The Morgan fingerprint density at radius 1 is 0.355 bits per heavy atom. The Morgan fingerprint density at radius 3 is 0.934 bits per heavy atom. The van der Waals surface area contributed by atoms with E-state index < -0.39 is 12.1 Å². The van der Waals surface area contributed by atoms with Crippen LogP contribution < -0.4 is 5.32 Å². The van der Waals surface area contributed by atoms with Crippen molar-refractivity contribution < 1.29 is 24.5 Å². The van der Waals surface area contributed by atoms with Gasteiger partial charge in [0.15, 0.2) is 0 Å². The number of hydrogen-bond acceptors (Lipinski definition) is 5. The fraction of sp³-hybridized carbons (Fsp3) is 0.943. The number of carbonyl (C=O) groups is 2. The van der Waals surface area contributed by atoms with Gasteiger partial charge in [-0.2, -0.15) is 0 Å². The third-order valence-electron chi connectivity index (χ3n) is 16.6. The Morgan fingerprint density at radius 2 is 0.618 bits per heavy atom. The van der Waals surface area contributed by atoms with Gasteiger partial charge in [-0.1, -0.05) is 347 Å². The number of rotatable bonds is 66. The summed E-state index contributed by atoms with van der Waals surface area (Å²) in [5, 5.41) is 23.2. The standard InChI is InChI=1S/C70H137NO5/c1-3-5-7-9-11-13-15-16-17-38-41-44-48-52-56-60-64-70(75)76-65-61-57-53-49-45-42-39-36-34-32-30-28-26-24-22-20-18-19-21-23-25-27-29-31-33-35-37-40-43-47-51-55-59-63-69(74)71-67(66-72)68(73)62-58-54-50-46-14-12-10-8-6-4-2/h17,38,67-68,72-73H,3-16,18-37,39-66H2,1-2H3,(H,71,74)/b38-17-. The summed E-state index contributed by atoms with van der Waals surface area (Å²) >= 11 is 0. The second-order valence-corrected chi connectivity index (χ2v) is 24.2. The van der Waals surface area contributed by atoms with E-state index in [9.17, 15) is 19.8 Å². The second-order valence-electron chi connectivity index (χ2n) is 24.2. The van der Waals surface area contributed by atoms with Crippen molar-refractivity contribution in [1.82, 2.24) is 5.32 Å². The topological polar surface area (TPSA) is 95.9 Å². The van der Waals surface area contributed by atoms with Gasteiger partial charge in [-0.3, -0.25) is 9.59 Å². The highest BCUT2D eigenvalue weighted by Gasteiger charge is 2.20. The number of esters is 1.